The van der Waals surface area contributed by atoms with E-state index in [-0.39, 0.29) is 0 Å². The molecule has 1 N–H and O–H groups in total. The Balaban J connectivity index is 1.63. The standard InChI is InChI=1S/C20H26N4/c1-3-23(4-2)15-10-13-24(14-11-15)20-19-17(9-12-21-20)16-7-5-6-8-18(16)22-19/h5-9,12,15,22H,3-4,10-11,13-14H2,1-2H3. The van der Waals surface area contributed by atoms with Crippen molar-refractivity contribution >= 4 is 27.6 Å². The molecule has 1 saturated heterocycles. The number of anilines is 1. The van der Waals surface area contributed by atoms with Gasteiger partial charge in [0, 0.05) is 41.6 Å². The van der Waals surface area contributed by atoms with E-state index < -0.39 is 0 Å². The molecule has 4 rings (SSSR count). The van der Waals surface area contributed by atoms with Crippen molar-refractivity contribution in [3.63, 3.8) is 0 Å². The highest BCUT2D eigenvalue weighted by Gasteiger charge is 2.25. The van der Waals surface area contributed by atoms with Crippen LogP contribution >= 0.6 is 0 Å². The lowest BCUT2D eigenvalue weighted by atomic mass is 10.0. The zero-order chi connectivity index (χ0) is 16.5. The number of hydrogen-bond acceptors (Lipinski definition) is 3. The normalized spacial score (nSPS) is 16.5. The minimum Gasteiger partial charge on any atom is -0.355 e. The first-order valence-corrected chi connectivity index (χ1v) is 9.16. The summed E-state index contributed by atoms with van der Waals surface area (Å²) >= 11 is 0. The molecule has 0 saturated carbocycles. The van der Waals surface area contributed by atoms with E-state index in [1.165, 1.54) is 34.6 Å². The van der Waals surface area contributed by atoms with E-state index in [4.69, 9.17) is 4.98 Å². The number of para-hydroxylation sites is 1. The van der Waals surface area contributed by atoms with Crippen LogP contribution in [0.4, 0.5) is 5.82 Å². The van der Waals surface area contributed by atoms with Crippen LogP contribution in [0.3, 0.4) is 0 Å². The summed E-state index contributed by atoms with van der Waals surface area (Å²) in [4.78, 5) is 13.4. The summed E-state index contributed by atoms with van der Waals surface area (Å²) in [5.41, 5.74) is 2.37. The maximum atomic E-state index is 4.72. The van der Waals surface area contributed by atoms with Gasteiger partial charge in [0.05, 0.1) is 5.52 Å². The van der Waals surface area contributed by atoms with Crippen LogP contribution in [0.25, 0.3) is 21.8 Å². The van der Waals surface area contributed by atoms with Crippen LogP contribution in [0.15, 0.2) is 36.5 Å². The van der Waals surface area contributed by atoms with E-state index in [9.17, 15) is 0 Å². The Morgan fingerprint density at radius 1 is 1.08 bits per heavy atom. The highest BCUT2D eigenvalue weighted by molar-refractivity contribution is 6.10. The third kappa shape index (κ3) is 2.55. The second-order valence-corrected chi connectivity index (χ2v) is 6.67. The number of rotatable bonds is 4. The molecule has 4 heteroatoms. The van der Waals surface area contributed by atoms with Gasteiger partial charge in [0.25, 0.3) is 0 Å². The van der Waals surface area contributed by atoms with Crippen LogP contribution in [0.2, 0.25) is 0 Å². The fourth-order valence-electron chi connectivity index (χ4n) is 4.18. The monoisotopic (exact) mass is 322 g/mol. The molecule has 1 aromatic carbocycles. The van der Waals surface area contributed by atoms with Gasteiger partial charge < -0.3 is 14.8 Å². The van der Waals surface area contributed by atoms with Gasteiger partial charge in [-0.1, -0.05) is 32.0 Å². The SMILES string of the molecule is CCN(CC)C1CCN(c2nccc3c2[nH]c2ccccc23)CC1. The molecule has 3 heterocycles. The first-order chi connectivity index (χ1) is 11.8. The average Bonchev–Trinajstić information content (AvgIpc) is 3.02. The molecule has 0 atom stereocenters. The number of hydrogen-bond donors (Lipinski definition) is 1. The quantitative estimate of drug-likeness (QED) is 0.788. The largest absolute Gasteiger partial charge is 0.355 e. The number of benzene rings is 1. The second kappa shape index (κ2) is 6.44. The summed E-state index contributed by atoms with van der Waals surface area (Å²) < 4.78 is 0. The smallest absolute Gasteiger partial charge is 0.152 e. The van der Waals surface area contributed by atoms with Crippen molar-refractivity contribution in [1.29, 1.82) is 0 Å². The number of pyridine rings is 1. The Labute approximate surface area is 143 Å². The lowest BCUT2D eigenvalue weighted by Crippen LogP contribution is -2.45. The molecule has 1 aliphatic heterocycles. The molecule has 1 fully saturated rings. The van der Waals surface area contributed by atoms with Crippen molar-refractivity contribution in [3.05, 3.63) is 36.5 Å². The molecule has 0 bridgehead atoms. The number of fused-ring (bicyclic) bond motifs is 3. The van der Waals surface area contributed by atoms with Gasteiger partial charge in [0.2, 0.25) is 0 Å². The van der Waals surface area contributed by atoms with Gasteiger partial charge in [-0.25, -0.2) is 4.98 Å². The van der Waals surface area contributed by atoms with Crippen molar-refractivity contribution in [1.82, 2.24) is 14.9 Å². The Bertz CT molecular complexity index is 826. The molecule has 2 aromatic heterocycles. The van der Waals surface area contributed by atoms with Crippen LogP contribution in [0, 0.1) is 0 Å². The summed E-state index contributed by atoms with van der Waals surface area (Å²) in [6.07, 6.45) is 4.40. The molecular formula is C20H26N4. The molecule has 0 spiro atoms. The average molecular weight is 322 g/mol. The Morgan fingerprint density at radius 2 is 1.83 bits per heavy atom. The maximum Gasteiger partial charge on any atom is 0.152 e. The Morgan fingerprint density at radius 3 is 2.58 bits per heavy atom. The fraction of sp³-hybridized carbons (Fsp3) is 0.450. The second-order valence-electron chi connectivity index (χ2n) is 6.67. The minimum absolute atomic E-state index is 0.721. The topological polar surface area (TPSA) is 35.2 Å². The number of aromatic nitrogens is 2. The van der Waals surface area contributed by atoms with Gasteiger partial charge >= 0.3 is 0 Å². The van der Waals surface area contributed by atoms with Crippen LogP contribution in [0.1, 0.15) is 26.7 Å². The molecule has 0 radical (unpaired) electrons. The Hall–Kier alpha value is -2.07. The van der Waals surface area contributed by atoms with Crippen LogP contribution < -0.4 is 4.90 Å². The van der Waals surface area contributed by atoms with Crippen LogP contribution in [0.5, 0.6) is 0 Å². The lowest BCUT2D eigenvalue weighted by molar-refractivity contribution is 0.186. The minimum atomic E-state index is 0.721. The molecule has 3 aromatic rings. The molecule has 0 unspecified atom stereocenters. The molecule has 4 nitrogen and oxygen atoms in total. The fourth-order valence-corrected chi connectivity index (χ4v) is 4.18. The number of H-pyrrole nitrogens is 1. The number of nitrogens with zero attached hydrogens (tertiary/aromatic N) is 3. The van der Waals surface area contributed by atoms with Crippen molar-refractivity contribution < 1.29 is 0 Å². The van der Waals surface area contributed by atoms with Crippen LogP contribution in [-0.2, 0) is 0 Å². The maximum absolute atomic E-state index is 4.72. The molecule has 24 heavy (non-hydrogen) atoms. The van der Waals surface area contributed by atoms with E-state index in [0.29, 0.717) is 0 Å². The van der Waals surface area contributed by atoms with Crippen molar-refractivity contribution in [2.75, 3.05) is 31.1 Å². The van der Waals surface area contributed by atoms with E-state index in [1.54, 1.807) is 0 Å². The summed E-state index contributed by atoms with van der Waals surface area (Å²) in [6.45, 7) is 9.00. The van der Waals surface area contributed by atoms with E-state index in [0.717, 1.165) is 38.0 Å². The highest BCUT2D eigenvalue weighted by Crippen LogP contribution is 2.32. The van der Waals surface area contributed by atoms with E-state index >= 15 is 0 Å². The van der Waals surface area contributed by atoms with E-state index in [2.05, 4.69) is 59.0 Å². The molecule has 126 valence electrons. The van der Waals surface area contributed by atoms with Crippen molar-refractivity contribution in [3.8, 4) is 0 Å². The number of piperidine rings is 1. The van der Waals surface area contributed by atoms with Gasteiger partial charge in [0.1, 0.15) is 0 Å². The third-order valence-electron chi connectivity index (χ3n) is 5.50. The van der Waals surface area contributed by atoms with Gasteiger partial charge in [-0.05, 0) is 38.1 Å². The van der Waals surface area contributed by atoms with Gasteiger partial charge in [-0.15, -0.1) is 0 Å². The molecule has 0 aliphatic carbocycles. The van der Waals surface area contributed by atoms with Gasteiger partial charge in [-0.3, -0.25) is 0 Å². The predicted molar refractivity (Wildman–Crippen MR) is 102 cm³/mol. The number of aromatic amines is 1. The van der Waals surface area contributed by atoms with Gasteiger partial charge in [0.15, 0.2) is 5.82 Å². The molecule has 0 amide bonds. The Kier molecular flexibility index (Phi) is 4.15. The zero-order valence-electron chi connectivity index (χ0n) is 14.6. The first kappa shape index (κ1) is 15.5. The summed E-state index contributed by atoms with van der Waals surface area (Å²) in [5, 5.41) is 2.57. The predicted octanol–water partition coefficient (Wildman–Crippen LogP) is 4.03. The molecular weight excluding hydrogens is 296 g/mol. The number of nitrogens with one attached hydrogen (secondary N) is 1. The molecule has 1 aliphatic rings. The third-order valence-corrected chi connectivity index (χ3v) is 5.50. The highest BCUT2D eigenvalue weighted by atomic mass is 15.2. The van der Waals surface area contributed by atoms with E-state index in [1.807, 2.05) is 6.20 Å². The first-order valence-electron chi connectivity index (χ1n) is 9.16. The lowest BCUT2D eigenvalue weighted by Gasteiger charge is -2.38. The van der Waals surface area contributed by atoms with Crippen molar-refractivity contribution in [2.45, 2.75) is 32.7 Å². The van der Waals surface area contributed by atoms with Crippen LogP contribution in [-0.4, -0.2) is 47.1 Å². The summed E-state index contributed by atoms with van der Waals surface area (Å²) in [6, 6.07) is 11.4. The van der Waals surface area contributed by atoms with Gasteiger partial charge in [-0.2, -0.15) is 0 Å². The summed E-state index contributed by atoms with van der Waals surface area (Å²) in [7, 11) is 0. The summed E-state index contributed by atoms with van der Waals surface area (Å²) in [5.74, 6) is 1.11. The van der Waals surface area contributed by atoms with Crippen molar-refractivity contribution in [2.24, 2.45) is 0 Å². The zero-order valence-corrected chi connectivity index (χ0v) is 14.6.